The molecule has 0 N–H and O–H groups in total. The Morgan fingerprint density at radius 3 is 0.660 bits per heavy atom. The van der Waals surface area contributed by atoms with Crippen LogP contribution >= 0.6 is 0 Å². The van der Waals surface area contributed by atoms with Crippen LogP contribution in [0.3, 0.4) is 0 Å². The highest BCUT2D eigenvalue weighted by Gasteiger charge is 1.97. The molecule has 0 spiro atoms. The van der Waals surface area contributed by atoms with Crippen molar-refractivity contribution in [2.24, 2.45) is 0 Å². The highest BCUT2D eigenvalue weighted by atomic mass is 16.6. The number of rotatable bonds is 42. The molecule has 0 rings (SSSR count). The fourth-order valence-electron chi connectivity index (χ4n) is 3.36. The molecule has 0 fully saturated rings. The topological polar surface area (TPSA) is 120 Å². The zero-order valence-electron chi connectivity index (χ0n) is 29.5. The van der Waals surface area contributed by atoms with Crippen molar-refractivity contribution in [1.82, 2.24) is 0 Å². The SMILES string of the molecule is C=C(C)CCCOCCOCCOCCOCCOCCOCCOCCOCCOCCOCCOCCOCCOCC(=C)C. The van der Waals surface area contributed by atoms with Crippen LogP contribution in [0.15, 0.2) is 24.3 Å². The van der Waals surface area contributed by atoms with Crippen molar-refractivity contribution < 1.29 is 61.6 Å². The van der Waals surface area contributed by atoms with Crippen LogP contribution < -0.4 is 0 Å². The first kappa shape index (κ1) is 46.0. The maximum atomic E-state index is 5.49. The number of allylic oxidation sites excluding steroid dienone is 1. The predicted molar refractivity (Wildman–Crippen MR) is 180 cm³/mol. The Bertz CT molecular complexity index is 587. The van der Waals surface area contributed by atoms with E-state index >= 15 is 0 Å². The van der Waals surface area contributed by atoms with Crippen molar-refractivity contribution in [2.75, 3.05) is 172 Å². The highest BCUT2D eigenvalue weighted by molar-refractivity contribution is 4.87. The molecule has 0 aliphatic heterocycles. The molecular formula is C34H66O13. The average molecular weight is 683 g/mol. The molecule has 0 aliphatic carbocycles. The molecule has 0 radical (unpaired) electrons. The van der Waals surface area contributed by atoms with E-state index in [1.165, 1.54) is 5.57 Å². The zero-order valence-corrected chi connectivity index (χ0v) is 29.5. The van der Waals surface area contributed by atoms with E-state index in [1.54, 1.807) is 0 Å². The van der Waals surface area contributed by atoms with Crippen LogP contribution in [0.25, 0.3) is 0 Å². The largest absolute Gasteiger partial charge is 0.379 e. The number of hydrogen-bond donors (Lipinski definition) is 0. The molecule has 0 aliphatic rings. The Balaban J connectivity index is 3.05. The molecule has 0 aromatic carbocycles. The lowest BCUT2D eigenvalue weighted by Crippen LogP contribution is -2.15. The van der Waals surface area contributed by atoms with Gasteiger partial charge in [-0.1, -0.05) is 17.7 Å². The van der Waals surface area contributed by atoms with E-state index in [9.17, 15) is 0 Å². The summed E-state index contributed by atoms with van der Waals surface area (Å²) in [6.07, 6.45) is 2.01. The van der Waals surface area contributed by atoms with E-state index in [0.29, 0.717) is 165 Å². The van der Waals surface area contributed by atoms with E-state index in [-0.39, 0.29) is 0 Å². The van der Waals surface area contributed by atoms with E-state index < -0.39 is 0 Å². The molecular weight excluding hydrogens is 616 g/mol. The second kappa shape index (κ2) is 41.1. The van der Waals surface area contributed by atoms with Gasteiger partial charge in [0, 0.05) is 6.61 Å². The monoisotopic (exact) mass is 682 g/mol. The van der Waals surface area contributed by atoms with Crippen LogP contribution in [0.2, 0.25) is 0 Å². The summed E-state index contributed by atoms with van der Waals surface area (Å²) in [6, 6.07) is 0. The standard InChI is InChI=1S/C34H66O13/c1-33(2)6-5-7-35-8-9-36-10-11-37-12-13-38-14-15-39-16-17-40-18-19-41-20-21-42-22-23-43-24-25-44-26-27-45-28-29-46-30-31-47-32-34(3)4/h1,3,5-32H2,2,4H3. The van der Waals surface area contributed by atoms with Gasteiger partial charge in [-0.25, -0.2) is 0 Å². The summed E-state index contributed by atoms with van der Waals surface area (Å²) in [5.41, 5.74) is 2.19. The lowest BCUT2D eigenvalue weighted by atomic mass is 10.2. The highest BCUT2D eigenvalue weighted by Crippen LogP contribution is 2.00. The van der Waals surface area contributed by atoms with Crippen molar-refractivity contribution in [3.05, 3.63) is 24.3 Å². The first-order valence-corrected chi connectivity index (χ1v) is 16.9. The molecule has 0 saturated heterocycles. The van der Waals surface area contributed by atoms with Gasteiger partial charge in [-0.15, -0.1) is 6.58 Å². The van der Waals surface area contributed by atoms with Crippen LogP contribution in [0, 0.1) is 0 Å². The van der Waals surface area contributed by atoms with Gasteiger partial charge in [0.1, 0.15) is 0 Å². The van der Waals surface area contributed by atoms with Gasteiger partial charge in [-0.3, -0.25) is 0 Å². The van der Waals surface area contributed by atoms with Gasteiger partial charge in [0.15, 0.2) is 0 Å². The van der Waals surface area contributed by atoms with Gasteiger partial charge in [-0.2, -0.15) is 0 Å². The molecule has 0 aromatic heterocycles. The van der Waals surface area contributed by atoms with Gasteiger partial charge in [0.2, 0.25) is 0 Å². The van der Waals surface area contributed by atoms with Gasteiger partial charge >= 0.3 is 0 Å². The second-order valence-electron chi connectivity index (χ2n) is 10.4. The Hall–Kier alpha value is -1.04. The van der Waals surface area contributed by atoms with Gasteiger partial charge in [-0.05, 0) is 26.7 Å². The summed E-state index contributed by atoms with van der Waals surface area (Å²) in [4.78, 5) is 0. The third-order valence-corrected chi connectivity index (χ3v) is 5.70. The van der Waals surface area contributed by atoms with Crippen LogP contribution in [-0.2, 0) is 61.6 Å². The summed E-state index contributed by atoms with van der Waals surface area (Å²) in [5.74, 6) is 0. The smallest absolute Gasteiger partial charge is 0.0704 e. The fourth-order valence-corrected chi connectivity index (χ4v) is 3.36. The van der Waals surface area contributed by atoms with Crippen molar-refractivity contribution in [2.45, 2.75) is 26.7 Å². The lowest BCUT2D eigenvalue weighted by molar-refractivity contribution is -0.0289. The summed E-state index contributed by atoms with van der Waals surface area (Å²) < 4.78 is 71.0. The summed E-state index contributed by atoms with van der Waals surface area (Å²) in [6.45, 7) is 25.6. The quantitative estimate of drug-likeness (QED) is 0.0694. The Kier molecular flexibility index (Phi) is 40.2. The fraction of sp³-hybridized carbons (Fsp3) is 0.882. The Morgan fingerprint density at radius 1 is 0.277 bits per heavy atom. The summed E-state index contributed by atoms with van der Waals surface area (Å²) in [5, 5.41) is 0. The molecule has 47 heavy (non-hydrogen) atoms. The molecule has 13 nitrogen and oxygen atoms in total. The zero-order chi connectivity index (χ0) is 34.1. The third-order valence-electron chi connectivity index (χ3n) is 5.70. The molecule has 0 bridgehead atoms. The average Bonchev–Trinajstić information content (AvgIpc) is 3.05. The Labute approximate surface area is 284 Å². The third kappa shape index (κ3) is 45.0. The number of hydrogen-bond acceptors (Lipinski definition) is 13. The molecule has 0 heterocycles. The minimum absolute atomic E-state index is 0.510. The normalized spacial score (nSPS) is 11.4. The van der Waals surface area contributed by atoms with Gasteiger partial charge in [0.25, 0.3) is 0 Å². The summed E-state index contributed by atoms with van der Waals surface area (Å²) in [7, 11) is 0. The van der Waals surface area contributed by atoms with Crippen molar-refractivity contribution in [3.8, 4) is 0 Å². The van der Waals surface area contributed by atoms with Crippen LogP contribution in [0.5, 0.6) is 0 Å². The first-order valence-electron chi connectivity index (χ1n) is 16.9. The molecule has 280 valence electrons. The predicted octanol–water partition coefficient (Wildman–Crippen LogP) is 3.13. The number of ether oxygens (including phenoxy) is 13. The maximum absolute atomic E-state index is 5.49. The lowest BCUT2D eigenvalue weighted by Gasteiger charge is -2.09. The van der Waals surface area contributed by atoms with Gasteiger partial charge < -0.3 is 61.6 Å². The van der Waals surface area contributed by atoms with Crippen molar-refractivity contribution in [3.63, 3.8) is 0 Å². The van der Waals surface area contributed by atoms with Crippen molar-refractivity contribution >= 4 is 0 Å². The molecule has 13 heteroatoms. The van der Waals surface area contributed by atoms with Crippen LogP contribution in [0.1, 0.15) is 26.7 Å². The van der Waals surface area contributed by atoms with E-state index in [0.717, 1.165) is 25.0 Å². The molecule has 0 aromatic rings. The maximum Gasteiger partial charge on any atom is 0.0704 e. The minimum atomic E-state index is 0.510. The minimum Gasteiger partial charge on any atom is -0.379 e. The molecule has 0 unspecified atom stereocenters. The van der Waals surface area contributed by atoms with E-state index in [4.69, 9.17) is 61.6 Å². The van der Waals surface area contributed by atoms with Crippen LogP contribution in [-0.4, -0.2) is 172 Å². The summed E-state index contributed by atoms with van der Waals surface area (Å²) >= 11 is 0. The van der Waals surface area contributed by atoms with Crippen molar-refractivity contribution in [1.29, 1.82) is 0 Å². The molecule has 0 amide bonds. The second-order valence-corrected chi connectivity index (χ2v) is 10.4. The van der Waals surface area contributed by atoms with E-state index in [2.05, 4.69) is 13.2 Å². The first-order chi connectivity index (χ1) is 23.1. The molecule has 0 atom stereocenters. The van der Waals surface area contributed by atoms with E-state index in [1.807, 2.05) is 13.8 Å². The van der Waals surface area contributed by atoms with Crippen LogP contribution in [0.4, 0.5) is 0 Å². The Morgan fingerprint density at radius 2 is 0.468 bits per heavy atom. The van der Waals surface area contributed by atoms with Gasteiger partial charge in [0.05, 0.1) is 165 Å². The molecule has 0 saturated carbocycles.